The highest BCUT2D eigenvalue weighted by atomic mass is 28.3. The molecule has 13 rings (SSSR count). The van der Waals surface area contributed by atoms with Crippen LogP contribution < -0.4 is 20.7 Å². The largest absolute Gasteiger partial charge is 0.456 e. The summed E-state index contributed by atoms with van der Waals surface area (Å²) in [6.45, 7) is 0. The van der Waals surface area contributed by atoms with E-state index in [-0.39, 0.29) is 47.2 Å². The maximum Gasteiger partial charge on any atom is 0.180 e. The van der Waals surface area contributed by atoms with Crippen molar-refractivity contribution in [2.75, 3.05) is 0 Å². The lowest BCUT2D eigenvalue weighted by Crippen LogP contribution is -2.74. The van der Waals surface area contributed by atoms with Gasteiger partial charge in [-0.3, -0.25) is 0 Å². The van der Waals surface area contributed by atoms with Crippen LogP contribution in [0.3, 0.4) is 0 Å². The highest BCUT2D eigenvalue weighted by Gasteiger charge is 2.43. The van der Waals surface area contributed by atoms with E-state index in [0.29, 0.717) is 22.3 Å². The normalized spacial score (nSPS) is 13.4. The number of para-hydroxylation sites is 3. The minimum Gasteiger partial charge on any atom is -0.456 e. The van der Waals surface area contributed by atoms with Crippen LogP contribution in [-0.4, -0.2) is 17.2 Å². The van der Waals surface area contributed by atoms with Gasteiger partial charge < -0.3 is 13.6 Å². The Balaban J connectivity index is 1.19. The van der Waals surface area contributed by atoms with E-state index in [0.717, 1.165) is 60.1 Å². The molecular formula is C60H40N2OSi. The standard InChI is InChI=1S/C60H40N2OSi/c1-4-19-41(20-5-1)42-21-16-22-43(39-42)61-51-30-13-10-28-48(51)59-53(61)32-17-33-54(59)62-52-31-14-11-29-49(52)60-55(62)34-18-36-58(60)64(44-23-6-2-7-24-44,45-25-8-3-9-26-45)46-37-38-57-50(40-46)47-27-12-15-35-56(47)63-57/h1-40H/i10D,13D,17D,28D,30D,32D. The van der Waals surface area contributed by atoms with Crippen LogP contribution in [0.15, 0.2) is 247 Å². The van der Waals surface area contributed by atoms with Gasteiger partial charge in [0.05, 0.1) is 36.0 Å². The Kier molecular flexibility index (Phi) is 6.95. The van der Waals surface area contributed by atoms with Gasteiger partial charge in [-0.05, 0) is 86.4 Å². The van der Waals surface area contributed by atoms with Crippen LogP contribution in [0.5, 0.6) is 0 Å². The molecule has 0 aliphatic carbocycles. The first-order chi connectivity index (χ1) is 34.3. The van der Waals surface area contributed by atoms with E-state index in [1.54, 1.807) is 10.6 Å². The molecule has 10 aromatic carbocycles. The second-order valence-electron chi connectivity index (χ2n) is 16.3. The lowest BCUT2D eigenvalue weighted by Gasteiger charge is -2.35. The molecule has 300 valence electrons. The first kappa shape index (κ1) is 30.8. The van der Waals surface area contributed by atoms with Crippen LogP contribution in [0, 0.1) is 0 Å². The van der Waals surface area contributed by atoms with Crippen LogP contribution in [0.4, 0.5) is 0 Å². The van der Waals surface area contributed by atoms with Gasteiger partial charge in [0, 0.05) is 38.0 Å². The van der Waals surface area contributed by atoms with E-state index in [4.69, 9.17) is 7.16 Å². The van der Waals surface area contributed by atoms with E-state index in [1.807, 2.05) is 72.8 Å². The van der Waals surface area contributed by atoms with Crippen molar-refractivity contribution in [1.82, 2.24) is 9.13 Å². The second kappa shape index (κ2) is 14.5. The molecule has 0 spiro atoms. The molecule has 3 heterocycles. The van der Waals surface area contributed by atoms with Gasteiger partial charge in [-0.1, -0.05) is 188 Å². The molecule has 64 heavy (non-hydrogen) atoms. The minimum atomic E-state index is -3.29. The Morgan fingerprint density at radius 3 is 1.83 bits per heavy atom. The zero-order valence-electron chi connectivity index (χ0n) is 40.4. The smallest absolute Gasteiger partial charge is 0.180 e. The summed E-state index contributed by atoms with van der Waals surface area (Å²) in [5, 5.41) is 9.60. The number of rotatable bonds is 7. The Morgan fingerprint density at radius 2 is 1.02 bits per heavy atom. The van der Waals surface area contributed by atoms with Crippen molar-refractivity contribution in [3.8, 4) is 22.5 Å². The maximum absolute atomic E-state index is 9.69. The zero-order chi connectivity index (χ0) is 47.4. The summed E-state index contributed by atoms with van der Waals surface area (Å²) in [4.78, 5) is 0. The summed E-state index contributed by atoms with van der Waals surface area (Å²) >= 11 is 0. The van der Waals surface area contributed by atoms with Crippen molar-refractivity contribution < 1.29 is 12.6 Å². The molecule has 13 aromatic rings. The third kappa shape index (κ3) is 5.33. The van der Waals surface area contributed by atoms with E-state index >= 15 is 0 Å². The van der Waals surface area contributed by atoms with Crippen molar-refractivity contribution >= 4 is 94.4 Å². The molecule has 3 nitrogen and oxygen atoms in total. The molecule has 0 amide bonds. The van der Waals surface area contributed by atoms with Crippen molar-refractivity contribution in [1.29, 1.82) is 0 Å². The summed E-state index contributed by atoms with van der Waals surface area (Å²) in [6.07, 6.45) is 0. The van der Waals surface area contributed by atoms with Crippen molar-refractivity contribution in [2.24, 2.45) is 0 Å². The van der Waals surface area contributed by atoms with Crippen LogP contribution >= 0.6 is 0 Å². The Hall–Kier alpha value is -8.18. The summed E-state index contributed by atoms with van der Waals surface area (Å²) in [5.74, 6) is 0. The average Bonchev–Trinajstić information content (AvgIpc) is 4.09. The van der Waals surface area contributed by atoms with Crippen molar-refractivity contribution in [3.63, 3.8) is 0 Å². The van der Waals surface area contributed by atoms with Crippen LogP contribution in [0.2, 0.25) is 0 Å². The maximum atomic E-state index is 9.69. The molecule has 3 aromatic heterocycles. The van der Waals surface area contributed by atoms with Crippen LogP contribution in [0.25, 0.3) is 88.1 Å². The molecule has 0 aliphatic heterocycles. The number of furan rings is 1. The number of aromatic nitrogens is 2. The second-order valence-corrected chi connectivity index (χ2v) is 20.1. The van der Waals surface area contributed by atoms with Crippen LogP contribution in [0.1, 0.15) is 8.22 Å². The summed E-state index contributed by atoms with van der Waals surface area (Å²) < 4.78 is 66.7. The predicted octanol–water partition coefficient (Wildman–Crippen LogP) is 12.8. The first-order valence-electron chi connectivity index (χ1n) is 24.5. The Morgan fingerprint density at radius 1 is 0.375 bits per heavy atom. The summed E-state index contributed by atoms with van der Waals surface area (Å²) in [5.41, 5.74) is 6.99. The van der Waals surface area contributed by atoms with Gasteiger partial charge >= 0.3 is 0 Å². The molecule has 0 bridgehead atoms. The van der Waals surface area contributed by atoms with Gasteiger partial charge in [-0.15, -0.1) is 0 Å². The number of hydrogen-bond donors (Lipinski definition) is 0. The topological polar surface area (TPSA) is 23.0 Å². The third-order valence-corrected chi connectivity index (χ3v) is 17.8. The average molecular weight is 839 g/mol. The highest BCUT2D eigenvalue weighted by Crippen LogP contribution is 2.40. The molecule has 4 heteroatoms. The first-order valence-corrected chi connectivity index (χ1v) is 23.5. The van der Waals surface area contributed by atoms with Gasteiger partial charge in [0.1, 0.15) is 11.2 Å². The SMILES string of the molecule is [2H]c1cc(-n2c3ccccc3c3c([Si](c4ccccc4)(c4ccccc4)c4ccc5oc6ccccc6c5c4)cccc32)c2c3c([2H])c([2H])c([2H])c([2H])c3n(-c3cccc(-c4ccccc4)c3)c2c1[2H]. The number of nitrogens with zero attached hydrogens (tertiary/aromatic N) is 2. The van der Waals surface area contributed by atoms with Crippen LogP contribution in [-0.2, 0) is 0 Å². The minimum absolute atomic E-state index is 0.0407. The van der Waals surface area contributed by atoms with E-state index in [1.165, 1.54) is 15.6 Å². The molecule has 0 unspecified atom stereocenters. The monoisotopic (exact) mass is 838 g/mol. The van der Waals surface area contributed by atoms with Gasteiger partial charge in [0.15, 0.2) is 8.07 Å². The number of benzene rings is 10. The predicted molar refractivity (Wildman–Crippen MR) is 271 cm³/mol. The highest BCUT2D eigenvalue weighted by molar-refractivity contribution is 7.21. The van der Waals surface area contributed by atoms with Crippen molar-refractivity contribution in [2.45, 2.75) is 0 Å². The molecular weight excluding hydrogens is 793 g/mol. The number of fused-ring (bicyclic) bond motifs is 9. The summed E-state index contributed by atoms with van der Waals surface area (Å²) in [6, 6.07) is 69.5. The molecule has 0 saturated heterocycles. The molecule has 0 fully saturated rings. The van der Waals surface area contributed by atoms with Gasteiger partial charge in [0.2, 0.25) is 0 Å². The fourth-order valence-electron chi connectivity index (χ4n) is 10.4. The zero-order valence-corrected chi connectivity index (χ0v) is 35.4. The fourth-order valence-corrected chi connectivity index (χ4v) is 15.4. The molecule has 0 aliphatic rings. The number of hydrogen-bond acceptors (Lipinski definition) is 1. The van der Waals surface area contributed by atoms with E-state index in [9.17, 15) is 5.48 Å². The molecule has 0 radical (unpaired) electrons. The van der Waals surface area contributed by atoms with E-state index < -0.39 is 8.07 Å². The molecule has 0 N–H and O–H groups in total. The molecule has 0 saturated carbocycles. The van der Waals surface area contributed by atoms with Gasteiger partial charge in [0.25, 0.3) is 0 Å². The third-order valence-electron chi connectivity index (χ3n) is 13.0. The molecule has 0 atom stereocenters. The van der Waals surface area contributed by atoms with Gasteiger partial charge in [-0.25, -0.2) is 0 Å². The Bertz CT molecular complexity index is 4220. The van der Waals surface area contributed by atoms with E-state index in [2.05, 4.69) is 132 Å². The van der Waals surface area contributed by atoms with Gasteiger partial charge in [-0.2, -0.15) is 0 Å². The quantitative estimate of drug-likeness (QED) is 0.116. The Labute approximate surface area is 379 Å². The lowest BCUT2D eigenvalue weighted by molar-refractivity contribution is 0.669. The lowest BCUT2D eigenvalue weighted by atomic mass is 10.1. The summed E-state index contributed by atoms with van der Waals surface area (Å²) in [7, 11) is -3.29. The fraction of sp³-hybridized carbons (Fsp3) is 0. The van der Waals surface area contributed by atoms with Crippen molar-refractivity contribution in [3.05, 3.63) is 243 Å².